The SMILES string of the molecule is CCCCC/C=C\C/C=C\CCCCCCCC(=O)OCCCCCCCCCCCCCCCCCCCCCCCCCCCCCCCC(=O)NC(CO)C(O)CCCCCCCCCCCCCCCCCCCCCCCC. The summed E-state index contributed by atoms with van der Waals surface area (Å²) in [5, 5.41) is 23.5. The van der Waals surface area contributed by atoms with Crippen molar-refractivity contribution in [3.8, 4) is 0 Å². The van der Waals surface area contributed by atoms with Gasteiger partial charge in [0.2, 0.25) is 5.91 Å². The standard InChI is InChI=1S/C77H149NO5/c1-3-5-7-9-11-13-15-17-19-20-21-22-32-35-38-42-45-49-53-57-61-65-69-75(80)74(73-79)78-76(81)70-66-62-58-54-50-46-43-39-36-33-30-28-26-24-23-25-27-29-31-34-37-40-44-48-52-56-60-64-68-72-83-77(82)71-67-63-59-55-51-47-41-18-16-14-12-10-8-6-4-2/h12,14,18,41,74-75,79-80H,3-11,13,15-17,19-40,42-73H2,1-2H3,(H,78,81)/b14-12-,41-18-. The van der Waals surface area contributed by atoms with Crippen LogP contribution in [-0.2, 0) is 14.3 Å². The Bertz CT molecular complexity index is 1300. The Hall–Kier alpha value is -1.66. The predicted molar refractivity (Wildman–Crippen MR) is 366 cm³/mol. The molecule has 2 atom stereocenters. The fourth-order valence-corrected chi connectivity index (χ4v) is 12.2. The van der Waals surface area contributed by atoms with E-state index >= 15 is 0 Å². The number of allylic oxidation sites excluding steroid dienone is 4. The fourth-order valence-electron chi connectivity index (χ4n) is 12.2. The van der Waals surface area contributed by atoms with Gasteiger partial charge in [0.1, 0.15) is 0 Å². The number of hydrogen-bond donors (Lipinski definition) is 3. The number of carbonyl (C=O) groups excluding carboxylic acids is 2. The number of rotatable bonds is 72. The van der Waals surface area contributed by atoms with Crippen molar-refractivity contribution in [2.24, 2.45) is 0 Å². The molecule has 0 saturated heterocycles. The Morgan fingerprint density at radius 1 is 0.337 bits per heavy atom. The second-order valence-electron chi connectivity index (χ2n) is 26.3. The molecule has 2 unspecified atom stereocenters. The highest BCUT2D eigenvalue weighted by Crippen LogP contribution is 2.20. The van der Waals surface area contributed by atoms with E-state index in [2.05, 4.69) is 43.5 Å². The Morgan fingerprint density at radius 2 is 0.602 bits per heavy atom. The van der Waals surface area contributed by atoms with Crippen molar-refractivity contribution in [1.29, 1.82) is 0 Å². The fraction of sp³-hybridized carbons (Fsp3) is 0.922. The van der Waals surface area contributed by atoms with E-state index < -0.39 is 12.1 Å². The van der Waals surface area contributed by atoms with Crippen LogP contribution in [0, 0.1) is 0 Å². The summed E-state index contributed by atoms with van der Waals surface area (Å²) in [7, 11) is 0. The minimum absolute atomic E-state index is 0.00637. The van der Waals surface area contributed by atoms with Gasteiger partial charge in [0.05, 0.1) is 25.4 Å². The molecule has 0 aliphatic heterocycles. The maximum Gasteiger partial charge on any atom is 0.305 e. The average Bonchev–Trinajstić information content (AvgIpc) is 3.49. The van der Waals surface area contributed by atoms with E-state index in [1.807, 2.05) is 0 Å². The number of ether oxygens (including phenoxy) is 1. The summed E-state index contributed by atoms with van der Waals surface area (Å²) in [6.07, 6.45) is 92.5. The quantitative estimate of drug-likeness (QED) is 0.0320. The summed E-state index contributed by atoms with van der Waals surface area (Å²) in [6, 6.07) is -0.540. The topological polar surface area (TPSA) is 95.9 Å². The van der Waals surface area contributed by atoms with Crippen LogP contribution in [0.25, 0.3) is 0 Å². The van der Waals surface area contributed by atoms with E-state index in [1.165, 1.54) is 347 Å². The molecule has 83 heavy (non-hydrogen) atoms. The molecule has 0 rings (SSSR count). The van der Waals surface area contributed by atoms with Crippen LogP contribution in [0.2, 0.25) is 0 Å². The van der Waals surface area contributed by atoms with Gasteiger partial charge in [0.25, 0.3) is 0 Å². The lowest BCUT2D eigenvalue weighted by molar-refractivity contribution is -0.143. The number of aliphatic hydroxyl groups is 2. The monoisotopic (exact) mass is 1170 g/mol. The molecule has 0 spiro atoms. The van der Waals surface area contributed by atoms with Crippen LogP contribution in [0.4, 0.5) is 0 Å². The highest BCUT2D eigenvalue weighted by molar-refractivity contribution is 5.76. The van der Waals surface area contributed by atoms with Gasteiger partial charge in [-0.2, -0.15) is 0 Å². The highest BCUT2D eigenvalue weighted by Gasteiger charge is 2.20. The first-order valence-electron chi connectivity index (χ1n) is 38.1. The Labute approximate surface area is 520 Å². The normalized spacial score (nSPS) is 12.6. The summed E-state index contributed by atoms with van der Waals surface area (Å²) < 4.78 is 5.49. The van der Waals surface area contributed by atoms with Crippen molar-refractivity contribution in [2.45, 2.75) is 443 Å². The number of nitrogens with one attached hydrogen (secondary N) is 1. The second-order valence-corrected chi connectivity index (χ2v) is 26.3. The van der Waals surface area contributed by atoms with E-state index in [-0.39, 0.29) is 18.5 Å². The number of hydrogen-bond acceptors (Lipinski definition) is 5. The third kappa shape index (κ3) is 69.3. The van der Waals surface area contributed by atoms with Gasteiger partial charge in [0, 0.05) is 12.8 Å². The molecular formula is C77H149NO5. The molecule has 0 aromatic heterocycles. The van der Waals surface area contributed by atoms with Crippen molar-refractivity contribution < 1.29 is 24.5 Å². The molecule has 0 saturated carbocycles. The number of esters is 1. The van der Waals surface area contributed by atoms with Gasteiger partial charge in [-0.05, 0) is 57.8 Å². The summed E-state index contributed by atoms with van der Waals surface area (Å²) in [4.78, 5) is 24.6. The third-order valence-corrected chi connectivity index (χ3v) is 18.0. The Balaban J connectivity index is 3.34. The molecule has 3 N–H and O–H groups in total. The van der Waals surface area contributed by atoms with Crippen molar-refractivity contribution >= 4 is 11.9 Å². The molecule has 0 aromatic carbocycles. The maximum absolute atomic E-state index is 12.6. The predicted octanol–water partition coefficient (Wildman–Crippen LogP) is 24.9. The van der Waals surface area contributed by atoms with Crippen molar-refractivity contribution in [3.63, 3.8) is 0 Å². The van der Waals surface area contributed by atoms with Crippen molar-refractivity contribution in [3.05, 3.63) is 24.3 Å². The van der Waals surface area contributed by atoms with Gasteiger partial charge in [-0.15, -0.1) is 0 Å². The van der Waals surface area contributed by atoms with Crippen LogP contribution >= 0.6 is 0 Å². The molecule has 0 bridgehead atoms. The number of carbonyl (C=O) groups is 2. The zero-order valence-corrected chi connectivity index (χ0v) is 56.5. The van der Waals surface area contributed by atoms with Gasteiger partial charge in [-0.3, -0.25) is 9.59 Å². The van der Waals surface area contributed by atoms with Gasteiger partial charge in [-0.1, -0.05) is 385 Å². The molecule has 6 nitrogen and oxygen atoms in total. The van der Waals surface area contributed by atoms with Crippen LogP contribution in [-0.4, -0.2) is 47.4 Å². The first kappa shape index (κ1) is 81.3. The van der Waals surface area contributed by atoms with E-state index in [4.69, 9.17) is 4.74 Å². The summed E-state index contributed by atoms with van der Waals surface area (Å²) >= 11 is 0. The summed E-state index contributed by atoms with van der Waals surface area (Å²) in [6.45, 7) is 4.97. The van der Waals surface area contributed by atoms with Gasteiger partial charge < -0.3 is 20.3 Å². The lowest BCUT2D eigenvalue weighted by atomic mass is 10.0. The van der Waals surface area contributed by atoms with E-state index in [0.29, 0.717) is 25.9 Å². The zero-order chi connectivity index (χ0) is 59.9. The highest BCUT2D eigenvalue weighted by atomic mass is 16.5. The van der Waals surface area contributed by atoms with Crippen LogP contribution in [0.3, 0.4) is 0 Å². The van der Waals surface area contributed by atoms with Crippen LogP contribution < -0.4 is 5.32 Å². The van der Waals surface area contributed by atoms with Gasteiger partial charge in [0.15, 0.2) is 0 Å². The number of aliphatic hydroxyl groups excluding tert-OH is 2. The average molecular weight is 1170 g/mol. The minimum atomic E-state index is -0.663. The van der Waals surface area contributed by atoms with Crippen LogP contribution in [0.1, 0.15) is 431 Å². The van der Waals surface area contributed by atoms with E-state index in [0.717, 1.165) is 51.4 Å². The molecule has 1 amide bonds. The van der Waals surface area contributed by atoms with Gasteiger partial charge >= 0.3 is 5.97 Å². The first-order valence-corrected chi connectivity index (χ1v) is 38.1. The molecule has 492 valence electrons. The number of amides is 1. The zero-order valence-electron chi connectivity index (χ0n) is 56.5. The van der Waals surface area contributed by atoms with Crippen molar-refractivity contribution in [1.82, 2.24) is 5.32 Å². The van der Waals surface area contributed by atoms with Crippen LogP contribution in [0.15, 0.2) is 24.3 Å². The molecule has 0 radical (unpaired) electrons. The molecule has 0 aliphatic rings. The van der Waals surface area contributed by atoms with Crippen LogP contribution in [0.5, 0.6) is 0 Å². The second kappa shape index (κ2) is 72.8. The smallest absolute Gasteiger partial charge is 0.305 e. The largest absolute Gasteiger partial charge is 0.466 e. The van der Waals surface area contributed by atoms with Crippen molar-refractivity contribution in [2.75, 3.05) is 13.2 Å². The first-order chi connectivity index (χ1) is 41.0. The lowest BCUT2D eigenvalue weighted by Gasteiger charge is -2.22. The summed E-state index contributed by atoms with van der Waals surface area (Å²) in [5.41, 5.74) is 0. The van der Waals surface area contributed by atoms with Gasteiger partial charge in [-0.25, -0.2) is 0 Å². The summed E-state index contributed by atoms with van der Waals surface area (Å²) in [5.74, 6) is -0.0199. The molecule has 6 heteroatoms. The number of unbranched alkanes of at least 4 members (excludes halogenated alkanes) is 57. The Kier molecular flexibility index (Phi) is 71.4. The third-order valence-electron chi connectivity index (χ3n) is 18.0. The maximum atomic E-state index is 12.6. The molecule has 0 fully saturated rings. The van der Waals surface area contributed by atoms with E-state index in [9.17, 15) is 19.8 Å². The Morgan fingerprint density at radius 3 is 0.940 bits per heavy atom. The lowest BCUT2D eigenvalue weighted by Crippen LogP contribution is -2.45. The molecule has 0 heterocycles. The molecular weight excluding hydrogens is 1020 g/mol. The minimum Gasteiger partial charge on any atom is -0.466 e. The molecule has 0 aliphatic carbocycles. The molecule has 0 aromatic rings. The van der Waals surface area contributed by atoms with E-state index in [1.54, 1.807) is 0 Å².